The van der Waals surface area contributed by atoms with E-state index in [1.54, 1.807) is 30.9 Å². The number of pyridine rings is 1. The number of urea groups is 1. The summed E-state index contributed by atoms with van der Waals surface area (Å²) in [4.78, 5) is 41.7. The number of benzene rings is 1. The van der Waals surface area contributed by atoms with Gasteiger partial charge in [-0.3, -0.25) is 15.1 Å². The maximum absolute atomic E-state index is 13.1. The van der Waals surface area contributed by atoms with Crippen molar-refractivity contribution in [1.82, 2.24) is 25.9 Å². The van der Waals surface area contributed by atoms with Crippen molar-refractivity contribution in [2.24, 2.45) is 16.3 Å². The number of thiazole rings is 1. The molecule has 3 atom stereocenters. The second kappa shape index (κ2) is 11.3. The van der Waals surface area contributed by atoms with E-state index < -0.39 is 29.1 Å². The van der Waals surface area contributed by atoms with Crippen LogP contribution in [0.25, 0.3) is 21.5 Å². The summed E-state index contributed by atoms with van der Waals surface area (Å²) in [6, 6.07) is 7.26. The maximum atomic E-state index is 13.1. The Balaban J connectivity index is 1.70. The number of aliphatic carboxylic acids is 1. The molecule has 0 aliphatic carbocycles. The smallest absolute Gasteiger partial charge is 0.318 e. The van der Waals surface area contributed by atoms with Gasteiger partial charge < -0.3 is 25.7 Å². The third-order valence-corrected chi connectivity index (χ3v) is 8.58. The second-order valence-corrected chi connectivity index (χ2v) is 11.0. The number of rotatable bonds is 8. The molecule has 2 aliphatic rings. The van der Waals surface area contributed by atoms with Gasteiger partial charge in [0.15, 0.2) is 0 Å². The summed E-state index contributed by atoms with van der Waals surface area (Å²) in [6.07, 6.45) is 7.77. The van der Waals surface area contributed by atoms with Crippen molar-refractivity contribution in [3.05, 3.63) is 53.8 Å². The van der Waals surface area contributed by atoms with Gasteiger partial charge >= 0.3 is 12.0 Å². The highest BCUT2D eigenvalue weighted by atomic mass is 32.1. The van der Waals surface area contributed by atoms with Crippen LogP contribution in [0.1, 0.15) is 25.8 Å². The van der Waals surface area contributed by atoms with Crippen molar-refractivity contribution in [3.8, 4) is 11.3 Å². The Morgan fingerprint density at radius 3 is 2.90 bits per heavy atom. The minimum Gasteiger partial charge on any atom is -0.481 e. The van der Waals surface area contributed by atoms with Gasteiger partial charge in [0.2, 0.25) is 5.79 Å². The number of anilines is 1. The van der Waals surface area contributed by atoms with Crippen molar-refractivity contribution in [1.29, 1.82) is 0 Å². The summed E-state index contributed by atoms with van der Waals surface area (Å²) >= 11 is 1.50. The molecule has 3 unspecified atom stereocenters. The number of carboxylic acids is 1. The Bertz CT molecular complexity index is 1470. The molecule has 0 saturated carbocycles. The van der Waals surface area contributed by atoms with E-state index in [1.165, 1.54) is 11.3 Å². The van der Waals surface area contributed by atoms with Crippen LogP contribution in [0.2, 0.25) is 0 Å². The molecule has 210 valence electrons. The number of nitrogens with zero attached hydrogens (tertiary/aromatic N) is 4. The van der Waals surface area contributed by atoms with E-state index in [1.807, 2.05) is 42.3 Å². The van der Waals surface area contributed by atoms with Crippen LogP contribution in [-0.2, 0) is 11.2 Å². The zero-order valence-corrected chi connectivity index (χ0v) is 23.2. The number of fused-ring (bicyclic) bond motifs is 1. The molecular formula is C28H33N7O4S. The standard InChI is InChI=1S/C28H33N7O4S/c1-3-30-26(39)34-28(23-16-29-10-7-27(23,2)25(37)38)33-8-4-11-35(28)19-14-20(24-22(15-19)32-17-40-24)21-13-18(6-12-36)5-9-31-21/h4-5,8-9,11,13-15,17,23,29,36H,3,6-7,10,12,16H2,1-2H3,(H,37,38)(H2,30,34,39). The molecule has 4 heterocycles. The molecule has 2 aromatic heterocycles. The molecule has 5 rings (SSSR count). The van der Waals surface area contributed by atoms with Gasteiger partial charge in [-0.2, -0.15) is 0 Å². The molecule has 2 aliphatic heterocycles. The van der Waals surface area contributed by atoms with E-state index in [0.29, 0.717) is 38.2 Å². The van der Waals surface area contributed by atoms with Crippen LogP contribution in [0, 0.1) is 11.3 Å². The van der Waals surface area contributed by atoms with Crippen LogP contribution < -0.4 is 20.9 Å². The molecule has 1 aromatic carbocycles. The van der Waals surface area contributed by atoms with Gasteiger partial charge in [-0.05, 0) is 69.1 Å². The molecule has 0 spiro atoms. The monoisotopic (exact) mass is 563 g/mol. The first-order valence-corrected chi connectivity index (χ1v) is 14.1. The van der Waals surface area contributed by atoms with Crippen LogP contribution in [0.15, 0.2) is 53.2 Å². The number of hydrogen-bond donors (Lipinski definition) is 5. The van der Waals surface area contributed by atoms with E-state index in [9.17, 15) is 19.8 Å². The summed E-state index contributed by atoms with van der Waals surface area (Å²) in [5, 5.41) is 29.0. The number of aliphatic hydroxyl groups excluding tert-OH is 1. The first-order valence-electron chi connectivity index (χ1n) is 13.3. The molecule has 1 saturated heterocycles. The van der Waals surface area contributed by atoms with E-state index in [0.717, 1.165) is 27.0 Å². The molecule has 40 heavy (non-hydrogen) atoms. The van der Waals surface area contributed by atoms with Gasteiger partial charge in [-0.25, -0.2) is 14.8 Å². The lowest BCUT2D eigenvalue weighted by Crippen LogP contribution is -2.71. The number of nitrogens with one attached hydrogen (secondary N) is 3. The number of amides is 2. The highest BCUT2D eigenvalue weighted by Crippen LogP contribution is 2.46. The molecule has 12 heteroatoms. The van der Waals surface area contributed by atoms with Crippen molar-refractivity contribution in [2.75, 3.05) is 31.1 Å². The second-order valence-electron chi connectivity index (χ2n) is 10.1. The predicted octanol–water partition coefficient (Wildman–Crippen LogP) is 2.97. The number of allylic oxidation sites excluding steroid dienone is 1. The van der Waals surface area contributed by atoms with Gasteiger partial charge in [0.1, 0.15) is 0 Å². The first-order chi connectivity index (χ1) is 19.3. The number of carboxylic acid groups (broad SMARTS) is 1. The van der Waals surface area contributed by atoms with Crippen LogP contribution >= 0.6 is 11.3 Å². The molecule has 5 N–H and O–H groups in total. The molecular weight excluding hydrogens is 530 g/mol. The van der Waals surface area contributed by atoms with Crippen LogP contribution in [0.5, 0.6) is 0 Å². The third kappa shape index (κ3) is 4.93. The summed E-state index contributed by atoms with van der Waals surface area (Å²) in [5.74, 6) is -3.04. The van der Waals surface area contributed by atoms with Gasteiger partial charge in [0.25, 0.3) is 0 Å². The van der Waals surface area contributed by atoms with Crippen LogP contribution in [0.4, 0.5) is 10.5 Å². The van der Waals surface area contributed by atoms with Gasteiger partial charge in [-0.1, -0.05) is 0 Å². The lowest BCUT2D eigenvalue weighted by atomic mass is 9.68. The van der Waals surface area contributed by atoms with Crippen molar-refractivity contribution in [3.63, 3.8) is 0 Å². The zero-order chi connectivity index (χ0) is 28.3. The number of hydrogen-bond acceptors (Lipinski definition) is 9. The quantitative estimate of drug-likeness (QED) is 0.281. The van der Waals surface area contributed by atoms with Crippen LogP contribution in [-0.4, -0.2) is 70.4 Å². The largest absolute Gasteiger partial charge is 0.481 e. The van der Waals surface area contributed by atoms with Gasteiger partial charge in [0.05, 0.1) is 32.8 Å². The number of aliphatic hydroxyl groups is 1. The number of piperidine rings is 1. The predicted molar refractivity (Wildman–Crippen MR) is 155 cm³/mol. The number of carbonyl (C=O) groups is 2. The average molecular weight is 564 g/mol. The Labute approximate surface area is 236 Å². The Morgan fingerprint density at radius 2 is 2.12 bits per heavy atom. The lowest BCUT2D eigenvalue weighted by molar-refractivity contribution is -0.155. The summed E-state index contributed by atoms with van der Waals surface area (Å²) < 4.78 is 0.943. The van der Waals surface area contributed by atoms with Crippen molar-refractivity contribution >= 4 is 45.5 Å². The fourth-order valence-electron chi connectivity index (χ4n) is 5.58. The number of aliphatic imine (C=N–C) groups is 1. The van der Waals surface area contributed by atoms with E-state index in [2.05, 4.69) is 25.9 Å². The molecule has 2 amide bonds. The minimum absolute atomic E-state index is 0.0296. The first kappa shape index (κ1) is 27.7. The normalized spacial score (nSPS) is 24.3. The van der Waals surface area contributed by atoms with E-state index >= 15 is 0 Å². The topological polar surface area (TPSA) is 152 Å². The third-order valence-electron chi connectivity index (χ3n) is 7.70. The van der Waals surface area contributed by atoms with Crippen LogP contribution in [0.3, 0.4) is 0 Å². The Morgan fingerprint density at radius 1 is 1.27 bits per heavy atom. The molecule has 0 bridgehead atoms. The summed E-state index contributed by atoms with van der Waals surface area (Å²) in [6.45, 7) is 4.83. The number of carbonyl (C=O) groups excluding carboxylic acids is 1. The Kier molecular flexibility index (Phi) is 7.83. The van der Waals surface area contributed by atoms with E-state index in [4.69, 9.17) is 4.99 Å². The summed E-state index contributed by atoms with van der Waals surface area (Å²) in [5.41, 5.74) is 4.52. The SMILES string of the molecule is CCNC(=O)NC1(C2CNCCC2(C)C(=O)O)N=CC=CN1c1cc(-c2cc(CCO)ccn2)c2scnc2c1. The van der Waals surface area contributed by atoms with Gasteiger partial charge in [-0.15, -0.1) is 11.3 Å². The highest BCUT2D eigenvalue weighted by molar-refractivity contribution is 7.17. The molecule has 1 fully saturated rings. The van der Waals surface area contributed by atoms with Crippen molar-refractivity contribution < 1.29 is 19.8 Å². The zero-order valence-electron chi connectivity index (χ0n) is 22.4. The van der Waals surface area contributed by atoms with E-state index in [-0.39, 0.29) is 6.61 Å². The van der Waals surface area contributed by atoms with Crippen molar-refractivity contribution in [2.45, 2.75) is 32.5 Å². The maximum Gasteiger partial charge on any atom is 0.318 e. The number of aromatic nitrogens is 2. The molecule has 11 nitrogen and oxygen atoms in total. The molecule has 0 radical (unpaired) electrons. The molecule has 3 aromatic rings. The van der Waals surface area contributed by atoms with Gasteiger partial charge in [0, 0.05) is 49.6 Å². The minimum atomic E-state index is -1.46. The average Bonchev–Trinajstić information content (AvgIpc) is 3.42. The Hall–Kier alpha value is -3.87. The fourth-order valence-corrected chi connectivity index (χ4v) is 6.37. The summed E-state index contributed by atoms with van der Waals surface area (Å²) in [7, 11) is 0. The highest BCUT2D eigenvalue weighted by Gasteiger charge is 2.57. The lowest BCUT2D eigenvalue weighted by Gasteiger charge is -2.52. The fraction of sp³-hybridized carbons (Fsp3) is 0.393.